The molecule has 0 radical (unpaired) electrons. The number of carbonyl (C=O) groups excluding carboxylic acids is 2. The van der Waals surface area contributed by atoms with Gasteiger partial charge in [0.05, 0.1) is 12.2 Å². The van der Waals surface area contributed by atoms with Crippen molar-refractivity contribution in [1.82, 2.24) is 0 Å². The first-order valence-electron chi connectivity index (χ1n) is 9.47. The van der Waals surface area contributed by atoms with Crippen LogP contribution in [0.25, 0.3) is 0 Å². The van der Waals surface area contributed by atoms with Gasteiger partial charge in [-0.3, -0.25) is 9.59 Å². The van der Waals surface area contributed by atoms with Gasteiger partial charge in [-0.15, -0.1) is 0 Å². The van der Waals surface area contributed by atoms with Crippen LogP contribution < -0.4 is 19.7 Å². The van der Waals surface area contributed by atoms with E-state index in [0.717, 1.165) is 11.3 Å². The zero-order valence-corrected chi connectivity index (χ0v) is 16.7. The zero-order valence-electron chi connectivity index (χ0n) is 16.7. The van der Waals surface area contributed by atoms with E-state index in [2.05, 4.69) is 5.32 Å². The summed E-state index contributed by atoms with van der Waals surface area (Å²) in [5.41, 5.74) is 2.38. The lowest BCUT2D eigenvalue weighted by molar-refractivity contribution is -0.125. The number of rotatable bonds is 6. The van der Waals surface area contributed by atoms with Crippen LogP contribution in [0.1, 0.15) is 26.3 Å². The SMILES string of the molecule is Cc1cccc(OCCN2C(=O)C(C)Oc3ccc(NC(=O)C(C)C)cc32)c1. The number of anilines is 2. The highest BCUT2D eigenvalue weighted by Gasteiger charge is 2.31. The zero-order chi connectivity index (χ0) is 20.3. The van der Waals surface area contributed by atoms with Gasteiger partial charge in [-0.05, 0) is 49.7 Å². The van der Waals surface area contributed by atoms with Gasteiger partial charge in [0.1, 0.15) is 18.1 Å². The normalized spacial score (nSPS) is 15.8. The fourth-order valence-electron chi connectivity index (χ4n) is 2.96. The Morgan fingerprint density at radius 3 is 2.75 bits per heavy atom. The third-order valence-electron chi connectivity index (χ3n) is 4.53. The molecule has 1 aliphatic heterocycles. The second-order valence-electron chi connectivity index (χ2n) is 7.24. The van der Waals surface area contributed by atoms with Gasteiger partial charge in [-0.25, -0.2) is 0 Å². The average Bonchev–Trinajstić information content (AvgIpc) is 2.65. The first kappa shape index (κ1) is 19.7. The summed E-state index contributed by atoms with van der Waals surface area (Å²) in [6, 6.07) is 13.1. The summed E-state index contributed by atoms with van der Waals surface area (Å²) in [4.78, 5) is 26.3. The van der Waals surface area contributed by atoms with Gasteiger partial charge in [-0.2, -0.15) is 0 Å². The van der Waals surface area contributed by atoms with E-state index in [9.17, 15) is 9.59 Å². The Kier molecular flexibility index (Phi) is 5.87. The molecule has 0 aromatic heterocycles. The molecule has 0 fully saturated rings. The van der Waals surface area contributed by atoms with E-state index >= 15 is 0 Å². The quantitative estimate of drug-likeness (QED) is 0.826. The first-order chi connectivity index (χ1) is 13.3. The Bertz CT molecular complexity index is 879. The van der Waals surface area contributed by atoms with Crippen molar-refractivity contribution in [1.29, 1.82) is 0 Å². The molecule has 2 aromatic carbocycles. The van der Waals surface area contributed by atoms with Crippen molar-refractivity contribution < 1.29 is 19.1 Å². The second-order valence-corrected chi connectivity index (χ2v) is 7.24. The van der Waals surface area contributed by atoms with Crippen molar-refractivity contribution in [2.45, 2.75) is 33.8 Å². The number of ether oxygens (including phenoxy) is 2. The van der Waals surface area contributed by atoms with Crippen molar-refractivity contribution in [2.24, 2.45) is 5.92 Å². The number of nitrogens with one attached hydrogen (secondary N) is 1. The maximum atomic E-state index is 12.7. The van der Waals surface area contributed by atoms with Crippen LogP contribution in [0.3, 0.4) is 0 Å². The van der Waals surface area contributed by atoms with Crippen molar-refractivity contribution in [3.05, 3.63) is 48.0 Å². The molecule has 0 saturated carbocycles. The van der Waals surface area contributed by atoms with Crippen molar-refractivity contribution in [2.75, 3.05) is 23.4 Å². The van der Waals surface area contributed by atoms with E-state index in [1.54, 1.807) is 30.0 Å². The maximum absolute atomic E-state index is 12.7. The number of nitrogens with zero attached hydrogens (tertiary/aromatic N) is 1. The minimum Gasteiger partial charge on any atom is -0.492 e. The van der Waals surface area contributed by atoms with Crippen LogP contribution in [0.5, 0.6) is 11.5 Å². The van der Waals surface area contributed by atoms with Crippen LogP contribution >= 0.6 is 0 Å². The lowest BCUT2D eigenvalue weighted by Crippen LogP contribution is -2.46. The van der Waals surface area contributed by atoms with E-state index < -0.39 is 6.10 Å². The highest BCUT2D eigenvalue weighted by Crippen LogP contribution is 2.36. The smallest absolute Gasteiger partial charge is 0.267 e. The van der Waals surface area contributed by atoms with Gasteiger partial charge >= 0.3 is 0 Å². The molecule has 6 heteroatoms. The summed E-state index contributed by atoms with van der Waals surface area (Å²) < 4.78 is 11.5. The van der Waals surface area contributed by atoms with Gasteiger partial charge in [-0.1, -0.05) is 26.0 Å². The monoisotopic (exact) mass is 382 g/mol. The molecule has 2 aromatic rings. The first-order valence-corrected chi connectivity index (χ1v) is 9.47. The topological polar surface area (TPSA) is 67.9 Å². The molecule has 0 spiro atoms. The van der Waals surface area contributed by atoms with Gasteiger partial charge in [0.25, 0.3) is 5.91 Å². The molecule has 0 saturated heterocycles. The molecule has 3 rings (SSSR count). The molecule has 0 bridgehead atoms. The molecule has 1 heterocycles. The Hall–Kier alpha value is -3.02. The Labute approximate surface area is 165 Å². The third kappa shape index (κ3) is 4.44. The second kappa shape index (κ2) is 8.33. The highest BCUT2D eigenvalue weighted by atomic mass is 16.5. The predicted octanol–water partition coefficient (Wildman–Crippen LogP) is 3.78. The number of fused-ring (bicyclic) bond motifs is 1. The molecule has 2 amide bonds. The van der Waals surface area contributed by atoms with Crippen LogP contribution in [0.4, 0.5) is 11.4 Å². The molecule has 1 atom stereocenters. The van der Waals surface area contributed by atoms with E-state index in [1.165, 1.54) is 0 Å². The fraction of sp³-hybridized carbons (Fsp3) is 0.364. The number of hydrogen-bond donors (Lipinski definition) is 1. The van der Waals surface area contributed by atoms with Crippen LogP contribution in [0, 0.1) is 12.8 Å². The molecule has 6 nitrogen and oxygen atoms in total. The van der Waals surface area contributed by atoms with Crippen LogP contribution in [-0.4, -0.2) is 31.1 Å². The average molecular weight is 382 g/mol. The molecule has 0 aliphatic carbocycles. The summed E-state index contributed by atoms with van der Waals surface area (Å²) in [6.45, 7) is 8.13. The van der Waals surface area contributed by atoms with Crippen molar-refractivity contribution in [3.63, 3.8) is 0 Å². The molecule has 1 N–H and O–H groups in total. The van der Waals surface area contributed by atoms with Gasteiger partial charge in [0.15, 0.2) is 6.10 Å². The van der Waals surface area contributed by atoms with Crippen LogP contribution in [0.2, 0.25) is 0 Å². The third-order valence-corrected chi connectivity index (χ3v) is 4.53. The lowest BCUT2D eigenvalue weighted by atomic mass is 10.1. The Balaban J connectivity index is 1.76. The minimum absolute atomic E-state index is 0.0781. The molecule has 1 aliphatic rings. The van der Waals surface area contributed by atoms with E-state index in [4.69, 9.17) is 9.47 Å². The van der Waals surface area contributed by atoms with Crippen LogP contribution in [0.15, 0.2) is 42.5 Å². The summed E-state index contributed by atoms with van der Waals surface area (Å²) in [5.74, 6) is 1.04. The van der Waals surface area contributed by atoms with E-state index in [0.29, 0.717) is 30.3 Å². The number of amides is 2. The minimum atomic E-state index is -0.567. The molecule has 28 heavy (non-hydrogen) atoms. The predicted molar refractivity (Wildman–Crippen MR) is 109 cm³/mol. The largest absolute Gasteiger partial charge is 0.492 e. The summed E-state index contributed by atoms with van der Waals surface area (Å²) >= 11 is 0. The number of aryl methyl sites for hydroxylation is 1. The summed E-state index contributed by atoms with van der Waals surface area (Å²) in [6.07, 6.45) is -0.567. The molecular weight excluding hydrogens is 356 g/mol. The molecule has 1 unspecified atom stereocenters. The van der Waals surface area contributed by atoms with Crippen molar-refractivity contribution in [3.8, 4) is 11.5 Å². The van der Waals surface area contributed by atoms with Gasteiger partial charge < -0.3 is 19.7 Å². The maximum Gasteiger partial charge on any atom is 0.267 e. The van der Waals surface area contributed by atoms with Gasteiger partial charge in [0.2, 0.25) is 5.91 Å². The Morgan fingerprint density at radius 2 is 2.04 bits per heavy atom. The Morgan fingerprint density at radius 1 is 1.25 bits per heavy atom. The molecular formula is C22H26N2O4. The standard InChI is InChI=1S/C22H26N2O4/c1-14(2)21(25)23-17-8-9-20-19(13-17)24(22(26)16(4)28-20)10-11-27-18-7-5-6-15(3)12-18/h5-9,12-14,16H,10-11H2,1-4H3,(H,23,25). The van der Waals surface area contributed by atoms with Crippen LogP contribution in [-0.2, 0) is 9.59 Å². The molecule has 148 valence electrons. The highest BCUT2D eigenvalue weighted by molar-refractivity contribution is 6.01. The number of hydrogen-bond acceptors (Lipinski definition) is 4. The fourth-order valence-corrected chi connectivity index (χ4v) is 2.96. The van der Waals surface area contributed by atoms with E-state index in [-0.39, 0.29) is 17.7 Å². The van der Waals surface area contributed by atoms with Gasteiger partial charge in [0, 0.05) is 11.6 Å². The summed E-state index contributed by atoms with van der Waals surface area (Å²) in [7, 11) is 0. The number of carbonyl (C=O) groups is 2. The van der Waals surface area contributed by atoms with Crippen molar-refractivity contribution >= 4 is 23.2 Å². The number of benzene rings is 2. The summed E-state index contributed by atoms with van der Waals surface area (Å²) in [5, 5.41) is 2.86. The lowest BCUT2D eigenvalue weighted by Gasteiger charge is -2.33. The van der Waals surface area contributed by atoms with E-state index in [1.807, 2.05) is 45.0 Å².